The van der Waals surface area contributed by atoms with Crippen LogP contribution >= 0.6 is 0 Å². The van der Waals surface area contributed by atoms with Crippen LogP contribution in [0.2, 0.25) is 0 Å². The molecule has 0 fully saturated rings. The molecule has 5 heteroatoms. The monoisotopic (exact) mass is 223 g/mol. The van der Waals surface area contributed by atoms with Crippen LogP contribution in [0, 0.1) is 5.82 Å². The first-order chi connectivity index (χ1) is 7.67. The Bertz CT molecular complexity index is 592. The lowest BCUT2D eigenvalue weighted by molar-refractivity contribution is 0.386. The Hall–Kier alpha value is -2.04. The maximum absolute atomic E-state index is 13.8. The van der Waals surface area contributed by atoms with Gasteiger partial charge in [0, 0.05) is 11.5 Å². The molecule has 2 aromatic rings. The fraction of sp³-hybridized carbons (Fsp3) is 0.182. The Morgan fingerprint density at radius 2 is 2.00 bits per heavy atom. The van der Waals surface area contributed by atoms with Crippen molar-refractivity contribution in [3.8, 4) is 11.6 Å². The first-order valence-electron chi connectivity index (χ1n) is 4.61. The number of hydrogen-bond donors (Lipinski definition) is 1. The smallest absolute Gasteiger partial charge is 0.194 e. The van der Waals surface area contributed by atoms with Gasteiger partial charge in [0.2, 0.25) is 0 Å². The van der Waals surface area contributed by atoms with Gasteiger partial charge in [0.05, 0.1) is 19.7 Å². The number of hydrogen-bond acceptors (Lipinski definition) is 3. The van der Waals surface area contributed by atoms with E-state index in [0.29, 0.717) is 0 Å². The molecule has 1 aromatic carbocycles. The van der Waals surface area contributed by atoms with E-state index in [1.54, 1.807) is 0 Å². The maximum atomic E-state index is 13.8. The SMILES string of the molecule is COc1cc(=O)c2ccc(OC)c(F)c2[nH]1. The fourth-order valence-corrected chi connectivity index (χ4v) is 1.51. The summed E-state index contributed by atoms with van der Waals surface area (Å²) in [6, 6.07) is 4.20. The Morgan fingerprint density at radius 3 is 2.62 bits per heavy atom. The van der Waals surface area contributed by atoms with Gasteiger partial charge in [0.15, 0.2) is 22.9 Å². The topological polar surface area (TPSA) is 51.3 Å². The molecule has 84 valence electrons. The third-order valence-electron chi connectivity index (χ3n) is 2.32. The standard InChI is InChI=1S/C11H10FNO3/c1-15-8-4-3-6-7(14)5-9(16-2)13-11(6)10(8)12/h3-5H,1-2H3,(H,13,14). The number of aromatic amines is 1. The van der Waals surface area contributed by atoms with Crippen molar-refractivity contribution in [2.24, 2.45) is 0 Å². The summed E-state index contributed by atoms with van der Waals surface area (Å²) < 4.78 is 23.5. The Kier molecular flexibility index (Phi) is 2.52. The Morgan fingerprint density at radius 1 is 1.25 bits per heavy atom. The first kappa shape index (κ1) is 10.5. The summed E-state index contributed by atoms with van der Waals surface area (Å²) in [5, 5.41) is 0.263. The number of fused-ring (bicyclic) bond motifs is 1. The zero-order chi connectivity index (χ0) is 11.7. The van der Waals surface area contributed by atoms with Crippen molar-refractivity contribution in [2.45, 2.75) is 0 Å². The van der Waals surface area contributed by atoms with E-state index in [-0.39, 0.29) is 28.0 Å². The number of pyridine rings is 1. The third-order valence-corrected chi connectivity index (χ3v) is 2.32. The Balaban J connectivity index is 2.86. The summed E-state index contributed by atoms with van der Waals surface area (Å²) in [7, 11) is 2.76. The lowest BCUT2D eigenvalue weighted by Gasteiger charge is -2.06. The normalized spacial score (nSPS) is 10.4. The van der Waals surface area contributed by atoms with Gasteiger partial charge in [0.1, 0.15) is 0 Å². The Labute approximate surface area is 90.6 Å². The van der Waals surface area contributed by atoms with Crippen molar-refractivity contribution in [3.05, 3.63) is 34.2 Å². The minimum absolute atomic E-state index is 0.0800. The van der Waals surface area contributed by atoms with E-state index in [0.717, 1.165) is 0 Å². The third kappa shape index (κ3) is 1.50. The van der Waals surface area contributed by atoms with Crippen LogP contribution in [-0.2, 0) is 0 Å². The summed E-state index contributed by atoms with van der Waals surface area (Å²) in [5.74, 6) is -0.308. The number of halogens is 1. The summed E-state index contributed by atoms with van der Waals surface area (Å²) in [4.78, 5) is 14.3. The van der Waals surface area contributed by atoms with Gasteiger partial charge in [0.25, 0.3) is 0 Å². The van der Waals surface area contributed by atoms with E-state index in [4.69, 9.17) is 9.47 Å². The molecular formula is C11H10FNO3. The zero-order valence-electron chi connectivity index (χ0n) is 8.83. The molecule has 1 aromatic heterocycles. The number of rotatable bonds is 2. The van der Waals surface area contributed by atoms with Gasteiger partial charge < -0.3 is 14.5 Å². The molecule has 0 saturated heterocycles. The number of nitrogens with one attached hydrogen (secondary N) is 1. The number of aromatic nitrogens is 1. The summed E-state index contributed by atoms with van der Waals surface area (Å²) in [6.45, 7) is 0. The van der Waals surface area contributed by atoms with Crippen LogP contribution in [0.25, 0.3) is 10.9 Å². The second-order valence-electron chi connectivity index (χ2n) is 3.21. The summed E-state index contributed by atoms with van der Waals surface area (Å²) in [6.07, 6.45) is 0. The minimum atomic E-state index is -0.601. The van der Waals surface area contributed by atoms with Crippen LogP contribution in [0.4, 0.5) is 4.39 Å². The largest absolute Gasteiger partial charge is 0.494 e. The lowest BCUT2D eigenvalue weighted by Crippen LogP contribution is -2.05. The molecule has 1 heterocycles. The summed E-state index contributed by atoms with van der Waals surface area (Å²) >= 11 is 0. The van der Waals surface area contributed by atoms with E-state index in [9.17, 15) is 9.18 Å². The first-order valence-corrected chi connectivity index (χ1v) is 4.61. The van der Waals surface area contributed by atoms with Gasteiger partial charge in [-0.05, 0) is 12.1 Å². The number of ether oxygens (including phenoxy) is 2. The predicted molar refractivity (Wildman–Crippen MR) is 57.6 cm³/mol. The van der Waals surface area contributed by atoms with Gasteiger partial charge in [-0.25, -0.2) is 4.39 Å². The molecule has 0 spiro atoms. The van der Waals surface area contributed by atoms with E-state index < -0.39 is 5.82 Å². The number of H-pyrrole nitrogens is 1. The average molecular weight is 223 g/mol. The highest BCUT2D eigenvalue weighted by Gasteiger charge is 2.11. The van der Waals surface area contributed by atoms with E-state index in [1.807, 2.05) is 0 Å². The van der Waals surface area contributed by atoms with Crippen molar-refractivity contribution in [1.29, 1.82) is 0 Å². The molecule has 1 N–H and O–H groups in total. The van der Waals surface area contributed by atoms with Gasteiger partial charge in [-0.1, -0.05) is 0 Å². The van der Waals surface area contributed by atoms with Crippen LogP contribution < -0.4 is 14.9 Å². The number of benzene rings is 1. The molecule has 0 unspecified atom stereocenters. The molecule has 2 rings (SSSR count). The van der Waals surface area contributed by atoms with Gasteiger partial charge in [-0.3, -0.25) is 4.79 Å². The maximum Gasteiger partial charge on any atom is 0.194 e. The fourth-order valence-electron chi connectivity index (χ4n) is 1.51. The highest BCUT2D eigenvalue weighted by Crippen LogP contribution is 2.24. The second-order valence-corrected chi connectivity index (χ2v) is 3.21. The lowest BCUT2D eigenvalue weighted by atomic mass is 10.2. The molecular weight excluding hydrogens is 213 g/mol. The minimum Gasteiger partial charge on any atom is -0.494 e. The van der Waals surface area contributed by atoms with Crippen molar-refractivity contribution in [2.75, 3.05) is 14.2 Å². The molecule has 0 amide bonds. The molecule has 0 bridgehead atoms. The van der Waals surface area contributed by atoms with Crippen LogP contribution in [0.15, 0.2) is 23.0 Å². The molecule has 0 saturated carbocycles. The molecule has 0 aliphatic heterocycles. The molecule has 0 atom stereocenters. The van der Waals surface area contributed by atoms with Crippen LogP contribution in [-0.4, -0.2) is 19.2 Å². The average Bonchev–Trinajstić information content (AvgIpc) is 2.30. The molecule has 0 aliphatic rings. The van der Waals surface area contributed by atoms with Gasteiger partial charge in [-0.2, -0.15) is 0 Å². The predicted octanol–water partition coefficient (Wildman–Crippen LogP) is 1.68. The van der Waals surface area contributed by atoms with Crippen LogP contribution in [0.1, 0.15) is 0 Å². The quantitative estimate of drug-likeness (QED) is 0.842. The summed E-state index contributed by atoms with van der Waals surface area (Å²) in [5.41, 5.74) is -0.212. The van der Waals surface area contributed by atoms with Crippen molar-refractivity contribution < 1.29 is 13.9 Å². The van der Waals surface area contributed by atoms with E-state index >= 15 is 0 Å². The molecule has 4 nitrogen and oxygen atoms in total. The van der Waals surface area contributed by atoms with Crippen LogP contribution in [0.5, 0.6) is 11.6 Å². The molecule has 0 radical (unpaired) electrons. The van der Waals surface area contributed by atoms with Crippen molar-refractivity contribution in [1.82, 2.24) is 4.98 Å². The van der Waals surface area contributed by atoms with E-state index in [2.05, 4.69) is 4.98 Å². The van der Waals surface area contributed by atoms with Crippen molar-refractivity contribution >= 4 is 10.9 Å². The van der Waals surface area contributed by atoms with Gasteiger partial charge >= 0.3 is 0 Å². The van der Waals surface area contributed by atoms with Crippen molar-refractivity contribution in [3.63, 3.8) is 0 Å². The highest BCUT2D eigenvalue weighted by atomic mass is 19.1. The van der Waals surface area contributed by atoms with Gasteiger partial charge in [-0.15, -0.1) is 0 Å². The highest BCUT2D eigenvalue weighted by molar-refractivity contribution is 5.81. The van der Waals surface area contributed by atoms with Crippen LogP contribution in [0.3, 0.4) is 0 Å². The number of methoxy groups -OCH3 is 2. The van der Waals surface area contributed by atoms with E-state index in [1.165, 1.54) is 32.4 Å². The zero-order valence-corrected chi connectivity index (χ0v) is 8.83. The molecule has 0 aliphatic carbocycles. The second kappa shape index (κ2) is 3.84. The molecule has 16 heavy (non-hydrogen) atoms.